The van der Waals surface area contributed by atoms with Crippen molar-refractivity contribution >= 4 is 17.6 Å². The van der Waals surface area contributed by atoms with Crippen molar-refractivity contribution < 1.29 is 9.90 Å². The van der Waals surface area contributed by atoms with Crippen molar-refractivity contribution in [2.45, 2.75) is 64.7 Å². The molecule has 28 heavy (non-hydrogen) atoms. The fourth-order valence-electron chi connectivity index (χ4n) is 4.98. The first-order valence-electron chi connectivity index (χ1n) is 10.3. The molecule has 2 nitrogen and oxygen atoms in total. The van der Waals surface area contributed by atoms with E-state index in [1.165, 1.54) is 40.7 Å². The van der Waals surface area contributed by atoms with E-state index in [0.717, 1.165) is 12.0 Å². The van der Waals surface area contributed by atoms with Gasteiger partial charge in [-0.05, 0) is 81.5 Å². The molecule has 146 valence electrons. The molecule has 0 spiro atoms. The molecule has 1 unspecified atom stereocenters. The van der Waals surface area contributed by atoms with E-state index in [1.807, 2.05) is 12.1 Å². The van der Waals surface area contributed by atoms with Crippen LogP contribution >= 0.6 is 0 Å². The standard InChI is InChI=1S/C26H30O2/c1-16-12-19-15-18(24(27)28)7-8-20(19)21(16)13-17-6-9-22-23(14-17)26(4,5)11-10-25(22,2)3/h6-9,13-16H,10-12H2,1-5H3,(H,27,28)/b21-13-. The number of hydrogen-bond acceptors (Lipinski definition) is 1. The molecule has 0 saturated heterocycles. The molecule has 0 fully saturated rings. The molecule has 0 amide bonds. The van der Waals surface area contributed by atoms with Crippen molar-refractivity contribution in [2.75, 3.05) is 0 Å². The minimum absolute atomic E-state index is 0.203. The molecule has 0 saturated carbocycles. The summed E-state index contributed by atoms with van der Waals surface area (Å²) in [4.78, 5) is 11.3. The Labute approximate surface area is 168 Å². The van der Waals surface area contributed by atoms with Gasteiger partial charge in [0.05, 0.1) is 5.56 Å². The van der Waals surface area contributed by atoms with Gasteiger partial charge in [-0.3, -0.25) is 0 Å². The maximum Gasteiger partial charge on any atom is 0.335 e. The molecule has 2 heteroatoms. The first-order chi connectivity index (χ1) is 13.1. The molecule has 0 aliphatic heterocycles. The first-order valence-corrected chi connectivity index (χ1v) is 10.3. The van der Waals surface area contributed by atoms with Gasteiger partial charge in [0, 0.05) is 0 Å². The van der Waals surface area contributed by atoms with Gasteiger partial charge in [-0.25, -0.2) is 4.79 Å². The highest BCUT2D eigenvalue weighted by molar-refractivity contribution is 5.91. The van der Waals surface area contributed by atoms with Gasteiger partial charge >= 0.3 is 5.97 Å². The Bertz CT molecular complexity index is 991. The van der Waals surface area contributed by atoms with Crippen LogP contribution in [0.4, 0.5) is 0 Å². The van der Waals surface area contributed by atoms with Gasteiger partial charge in [-0.1, -0.05) is 65.0 Å². The van der Waals surface area contributed by atoms with Gasteiger partial charge in [0.2, 0.25) is 0 Å². The predicted molar refractivity (Wildman–Crippen MR) is 116 cm³/mol. The summed E-state index contributed by atoms with van der Waals surface area (Å²) in [7, 11) is 0. The van der Waals surface area contributed by atoms with Crippen molar-refractivity contribution in [3.8, 4) is 0 Å². The highest BCUT2D eigenvalue weighted by atomic mass is 16.4. The largest absolute Gasteiger partial charge is 0.478 e. The van der Waals surface area contributed by atoms with E-state index in [0.29, 0.717) is 11.5 Å². The second kappa shape index (κ2) is 6.34. The monoisotopic (exact) mass is 374 g/mol. The van der Waals surface area contributed by atoms with Gasteiger partial charge in [-0.2, -0.15) is 0 Å². The van der Waals surface area contributed by atoms with Crippen LogP contribution in [0.1, 0.15) is 85.6 Å². The molecule has 0 aromatic heterocycles. The van der Waals surface area contributed by atoms with Gasteiger partial charge in [0.25, 0.3) is 0 Å². The SMILES string of the molecule is CC1Cc2cc(C(=O)O)ccc2/C1=C\c1ccc2c(c1)C(C)(C)CCC2(C)C. The summed E-state index contributed by atoms with van der Waals surface area (Å²) in [5.41, 5.74) is 8.70. The maximum atomic E-state index is 11.3. The molecule has 0 radical (unpaired) electrons. The van der Waals surface area contributed by atoms with Crippen LogP contribution in [-0.2, 0) is 17.3 Å². The van der Waals surface area contributed by atoms with Crippen LogP contribution < -0.4 is 0 Å². The van der Waals surface area contributed by atoms with E-state index < -0.39 is 5.97 Å². The number of carboxylic acid groups (broad SMARTS) is 1. The lowest BCUT2D eigenvalue weighted by atomic mass is 9.63. The molecular formula is C26H30O2. The molecule has 4 rings (SSSR count). The van der Waals surface area contributed by atoms with E-state index in [1.54, 1.807) is 6.07 Å². The Morgan fingerprint density at radius 2 is 1.68 bits per heavy atom. The zero-order chi connectivity index (χ0) is 20.3. The number of carboxylic acids is 1. The fraction of sp³-hybridized carbons (Fsp3) is 0.423. The van der Waals surface area contributed by atoms with Crippen molar-refractivity contribution in [3.63, 3.8) is 0 Å². The Morgan fingerprint density at radius 1 is 1.00 bits per heavy atom. The van der Waals surface area contributed by atoms with Gasteiger partial charge in [-0.15, -0.1) is 0 Å². The highest BCUT2D eigenvalue weighted by Crippen LogP contribution is 2.46. The fourth-order valence-corrected chi connectivity index (χ4v) is 4.98. The normalized spacial score (nSPS) is 23.3. The van der Waals surface area contributed by atoms with E-state index in [2.05, 4.69) is 58.9 Å². The van der Waals surface area contributed by atoms with Crippen molar-refractivity contribution in [3.05, 3.63) is 69.8 Å². The summed E-state index contributed by atoms with van der Waals surface area (Å²) >= 11 is 0. The minimum Gasteiger partial charge on any atom is -0.478 e. The smallest absolute Gasteiger partial charge is 0.335 e. The summed E-state index contributed by atoms with van der Waals surface area (Å²) < 4.78 is 0. The Morgan fingerprint density at radius 3 is 2.36 bits per heavy atom. The van der Waals surface area contributed by atoms with Crippen LogP contribution in [0.25, 0.3) is 11.6 Å². The van der Waals surface area contributed by atoms with Crippen LogP contribution in [0.3, 0.4) is 0 Å². The number of fused-ring (bicyclic) bond motifs is 2. The Balaban J connectivity index is 1.78. The summed E-state index contributed by atoms with van der Waals surface area (Å²) in [6.45, 7) is 11.7. The minimum atomic E-state index is -0.854. The third kappa shape index (κ3) is 3.09. The molecular weight excluding hydrogens is 344 g/mol. The number of allylic oxidation sites excluding steroid dienone is 1. The predicted octanol–water partition coefficient (Wildman–Crippen LogP) is 6.47. The van der Waals surface area contributed by atoms with E-state index in [-0.39, 0.29) is 10.8 Å². The quantitative estimate of drug-likeness (QED) is 0.654. The van der Waals surface area contributed by atoms with Crippen LogP contribution in [0.15, 0.2) is 36.4 Å². The van der Waals surface area contributed by atoms with Crippen molar-refractivity contribution in [1.82, 2.24) is 0 Å². The summed E-state index contributed by atoms with van der Waals surface area (Å²) in [5, 5.41) is 9.27. The third-order valence-electron chi connectivity index (χ3n) is 6.92. The van der Waals surface area contributed by atoms with Crippen LogP contribution in [-0.4, -0.2) is 11.1 Å². The summed E-state index contributed by atoms with van der Waals surface area (Å²) in [6, 6.07) is 12.5. The third-order valence-corrected chi connectivity index (χ3v) is 6.92. The lowest BCUT2D eigenvalue weighted by Crippen LogP contribution is -2.33. The first kappa shape index (κ1) is 19.0. The second-order valence-electron chi connectivity index (χ2n) is 9.95. The molecule has 1 N–H and O–H groups in total. The van der Waals surface area contributed by atoms with Gasteiger partial charge in [0.1, 0.15) is 0 Å². The number of aromatic carboxylic acids is 1. The van der Waals surface area contributed by atoms with Crippen LogP contribution in [0.5, 0.6) is 0 Å². The number of carbonyl (C=O) groups is 1. The number of hydrogen-bond donors (Lipinski definition) is 1. The second-order valence-corrected chi connectivity index (χ2v) is 9.95. The molecule has 2 aliphatic rings. The Kier molecular flexibility index (Phi) is 4.30. The van der Waals surface area contributed by atoms with Gasteiger partial charge in [0.15, 0.2) is 0 Å². The van der Waals surface area contributed by atoms with E-state index >= 15 is 0 Å². The summed E-state index contributed by atoms with van der Waals surface area (Å²) in [6.07, 6.45) is 5.66. The molecule has 2 aliphatic carbocycles. The molecule has 0 heterocycles. The molecule has 2 aromatic carbocycles. The number of rotatable bonds is 2. The maximum absolute atomic E-state index is 11.3. The summed E-state index contributed by atoms with van der Waals surface area (Å²) in [5.74, 6) is -0.452. The lowest BCUT2D eigenvalue weighted by Gasteiger charge is -2.42. The zero-order valence-corrected chi connectivity index (χ0v) is 17.6. The van der Waals surface area contributed by atoms with E-state index in [9.17, 15) is 9.90 Å². The number of benzene rings is 2. The van der Waals surface area contributed by atoms with Crippen LogP contribution in [0, 0.1) is 5.92 Å². The molecule has 1 atom stereocenters. The van der Waals surface area contributed by atoms with Crippen molar-refractivity contribution in [1.29, 1.82) is 0 Å². The zero-order valence-electron chi connectivity index (χ0n) is 17.6. The van der Waals surface area contributed by atoms with Gasteiger partial charge < -0.3 is 5.11 Å². The van der Waals surface area contributed by atoms with Crippen molar-refractivity contribution in [2.24, 2.45) is 5.92 Å². The average Bonchev–Trinajstić information content (AvgIpc) is 2.94. The van der Waals surface area contributed by atoms with Crippen LogP contribution in [0.2, 0.25) is 0 Å². The Hall–Kier alpha value is -2.35. The highest BCUT2D eigenvalue weighted by Gasteiger charge is 2.37. The molecule has 0 bridgehead atoms. The topological polar surface area (TPSA) is 37.3 Å². The molecule has 2 aromatic rings. The average molecular weight is 375 g/mol. The van der Waals surface area contributed by atoms with E-state index in [4.69, 9.17) is 0 Å². The lowest BCUT2D eigenvalue weighted by molar-refractivity contribution is 0.0696.